The number of rotatable bonds is 11. The summed E-state index contributed by atoms with van der Waals surface area (Å²) in [6.07, 6.45) is 4.89. The second-order valence-electron chi connectivity index (χ2n) is 7.93. The molecule has 0 unspecified atom stereocenters. The van der Waals surface area contributed by atoms with Gasteiger partial charge in [0.2, 0.25) is 5.17 Å². The molecule has 0 saturated carbocycles. The fourth-order valence-electron chi connectivity index (χ4n) is 3.68. The lowest BCUT2D eigenvalue weighted by atomic mass is 10.1. The van der Waals surface area contributed by atoms with Crippen LogP contribution >= 0.6 is 27.7 Å². The number of amides is 1. The molecule has 2 aromatic carbocycles. The molecule has 0 fully saturated rings. The van der Waals surface area contributed by atoms with Crippen molar-refractivity contribution in [1.29, 1.82) is 5.41 Å². The fourth-order valence-corrected chi connectivity index (χ4v) is 5.08. The molecule has 8 nitrogen and oxygen atoms in total. The molecule has 4 rings (SSSR count). The van der Waals surface area contributed by atoms with Crippen LogP contribution in [0.1, 0.15) is 31.4 Å². The highest BCUT2D eigenvalue weighted by atomic mass is 79.9. The van der Waals surface area contributed by atoms with Crippen molar-refractivity contribution in [3.63, 3.8) is 0 Å². The SMILES string of the molecule is C=CCc1ccccc1OCCOc1c(Br)cc(C=C2C(=N)N3N=C(CC)SC3=NC2=O)cc1OCC. The average molecular weight is 584 g/mol. The van der Waals surface area contributed by atoms with Crippen molar-refractivity contribution >= 4 is 55.7 Å². The molecule has 1 N–H and O–H groups in total. The third kappa shape index (κ3) is 6.14. The van der Waals surface area contributed by atoms with Gasteiger partial charge in [-0.05, 0) is 82.9 Å². The lowest BCUT2D eigenvalue weighted by Gasteiger charge is -2.20. The number of aliphatic imine (C=N–C) groups is 1. The monoisotopic (exact) mass is 582 g/mol. The quantitative estimate of drug-likeness (QED) is 0.196. The highest BCUT2D eigenvalue weighted by molar-refractivity contribution is 9.10. The van der Waals surface area contributed by atoms with E-state index >= 15 is 0 Å². The van der Waals surface area contributed by atoms with Gasteiger partial charge in [0.1, 0.15) is 24.0 Å². The van der Waals surface area contributed by atoms with Crippen LogP contribution in [0.3, 0.4) is 0 Å². The number of nitrogens with one attached hydrogen (secondary N) is 1. The number of halogens is 1. The molecule has 0 atom stereocenters. The number of para-hydroxylation sites is 1. The van der Waals surface area contributed by atoms with Gasteiger partial charge in [-0.1, -0.05) is 31.2 Å². The Morgan fingerprint density at radius 3 is 2.68 bits per heavy atom. The molecule has 0 saturated heterocycles. The Morgan fingerprint density at radius 2 is 1.92 bits per heavy atom. The number of nitrogens with zero attached hydrogens (tertiary/aromatic N) is 3. The van der Waals surface area contributed by atoms with Gasteiger partial charge in [-0.15, -0.1) is 6.58 Å². The van der Waals surface area contributed by atoms with Crippen molar-refractivity contribution in [1.82, 2.24) is 5.01 Å². The summed E-state index contributed by atoms with van der Waals surface area (Å²) in [6.45, 7) is 8.72. The van der Waals surface area contributed by atoms with Gasteiger partial charge in [-0.2, -0.15) is 15.1 Å². The number of allylic oxidation sites excluding steroid dienone is 1. The zero-order valence-electron chi connectivity index (χ0n) is 20.6. The van der Waals surface area contributed by atoms with E-state index in [1.54, 1.807) is 12.1 Å². The molecule has 0 aliphatic carbocycles. The molecule has 2 aliphatic heterocycles. The molecule has 2 heterocycles. The van der Waals surface area contributed by atoms with Gasteiger partial charge < -0.3 is 14.2 Å². The maximum atomic E-state index is 12.7. The first-order chi connectivity index (χ1) is 17.9. The van der Waals surface area contributed by atoms with Crippen LogP contribution in [0.4, 0.5) is 0 Å². The van der Waals surface area contributed by atoms with Crippen LogP contribution < -0.4 is 14.2 Å². The first kappa shape index (κ1) is 26.7. The predicted molar refractivity (Wildman–Crippen MR) is 152 cm³/mol. The number of carbonyl (C=O) groups excluding carboxylic acids is 1. The minimum atomic E-state index is -0.473. The van der Waals surface area contributed by atoms with Gasteiger partial charge in [-0.3, -0.25) is 10.2 Å². The highest BCUT2D eigenvalue weighted by Crippen LogP contribution is 2.38. The number of amidine groups is 2. The van der Waals surface area contributed by atoms with E-state index in [1.165, 1.54) is 16.8 Å². The molecule has 0 aromatic heterocycles. The normalized spacial score (nSPS) is 15.9. The molecule has 192 valence electrons. The molecule has 1 amide bonds. The largest absolute Gasteiger partial charge is 0.490 e. The van der Waals surface area contributed by atoms with E-state index in [2.05, 4.69) is 32.6 Å². The number of carbonyl (C=O) groups is 1. The van der Waals surface area contributed by atoms with E-state index in [9.17, 15) is 4.79 Å². The lowest BCUT2D eigenvalue weighted by Crippen LogP contribution is -2.35. The summed E-state index contributed by atoms with van der Waals surface area (Å²) in [5.74, 6) is 1.37. The maximum Gasteiger partial charge on any atom is 0.283 e. The van der Waals surface area contributed by atoms with Crippen LogP contribution in [-0.4, -0.2) is 46.8 Å². The summed E-state index contributed by atoms with van der Waals surface area (Å²) in [5, 5.41) is 15.5. The molecular formula is C27H27BrN4O4S. The summed E-state index contributed by atoms with van der Waals surface area (Å²) in [7, 11) is 0. The third-order valence-corrected chi connectivity index (χ3v) is 7.01. The molecule has 0 radical (unpaired) electrons. The van der Waals surface area contributed by atoms with Gasteiger partial charge in [-0.25, -0.2) is 0 Å². The van der Waals surface area contributed by atoms with Crippen molar-refractivity contribution in [2.45, 2.75) is 26.7 Å². The van der Waals surface area contributed by atoms with Crippen molar-refractivity contribution in [2.24, 2.45) is 10.1 Å². The minimum absolute atomic E-state index is 0.00533. The van der Waals surface area contributed by atoms with Crippen LogP contribution in [0.5, 0.6) is 17.2 Å². The Hall–Kier alpha value is -3.37. The lowest BCUT2D eigenvalue weighted by molar-refractivity contribution is -0.114. The van der Waals surface area contributed by atoms with E-state index in [4.69, 9.17) is 19.6 Å². The van der Waals surface area contributed by atoms with Crippen molar-refractivity contribution in [3.05, 3.63) is 70.2 Å². The Balaban J connectivity index is 1.50. The molecule has 2 aliphatic rings. The first-order valence-corrected chi connectivity index (χ1v) is 13.5. The number of hydrogen-bond donors (Lipinski definition) is 1. The Bertz CT molecular complexity index is 1320. The Kier molecular flexibility index (Phi) is 8.83. The zero-order chi connectivity index (χ0) is 26.4. The number of hydrazone groups is 1. The van der Waals surface area contributed by atoms with Gasteiger partial charge in [0.05, 0.1) is 16.7 Å². The summed E-state index contributed by atoms with van der Waals surface area (Å²) in [6, 6.07) is 11.4. The predicted octanol–water partition coefficient (Wildman–Crippen LogP) is 6.06. The molecule has 0 bridgehead atoms. The number of benzene rings is 2. The van der Waals surface area contributed by atoms with E-state index in [0.29, 0.717) is 52.9 Å². The summed E-state index contributed by atoms with van der Waals surface area (Å²) in [5.41, 5.74) is 1.88. The molecule has 10 heteroatoms. The van der Waals surface area contributed by atoms with Crippen LogP contribution in [-0.2, 0) is 11.2 Å². The standard InChI is InChI=1S/C27H27BrN4O4S/c1-4-9-18-10-7-8-11-21(18)35-12-13-36-24-20(28)15-17(16-22(24)34-6-3)14-19-25(29)32-27(30-26(19)33)37-23(5-2)31-32/h4,7-8,10-11,14-16,29H,1,5-6,9,12-13H2,2-3H3. The van der Waals surface area contributed by atoms with Gasteiger partial charge >= 0.3 is 0 Å². The van der Waals surface area contributed by atoms with E-state index in [1.807, 2.05) is 50.3 Å². The molecule has 37 heavy (non-hydrogen) atoms. The zero-order valence-corrected chi connectivity index (χ0v) is 23.0. The second kappa shape index (κ2) is 12.2. The van der Waals surface area contributed by atoms with Crippen LogP contribution in [0.15, 0.2) is 69.2 Å². The fraction of sp³-hybridized carbons (Fsp3) is 0.259. The van der Waals surface area contributed by atoms with Gasteiger partial charge in [0, 0.05) is 0 Å². The Morgan fingerprint density at radius 1 is 1.14 bits per heavy atom. The molecule has 2 aromatic rings. The summed E-state index contributed by atoms with van der Waals surface area (Å²) >= 11 is 4.88. The first-order valence-electron chi connectivity index (χ1n) is 11.8. The summed E-state index contributed by atoms with van der Waals surface area (Å²) in [4.78, 5) is 16.8. The van der Waals surface area contributed by atoms with Crippen LogP contribution in [0.25, 0.3) is 6.08 Å². The topological polar surface area (TPSA) is 96.6 Å². The molecule has 0 spiro atoms. The number of thioether (sulfide) groups is 1. The van der Waals surface area contributed by atoms with Crippen LogP contribution in [0, 0.1) is 5.41 Å². The van der Waals surface area contributed by atoms with Gasteiger partial charge in [0.25, 0.3) is 5.91 Å². The van der Waals surface area contributed by atoms with Gasteiger partial charge in [0.15, 0.2) is 17.3 Å². The smallest absolute Gasteiger partial charge is 0.283 e. The van der Waals surface area contributed by atoms with Crippen LogP contribution in [0.2, 0.25) is 0 Å². The molecular weight excluding hydrogens is 556 g/mol. The minimum Gasteiger partial charge on any atom is -0.490 e. The summed E-state index contributed by atoms with van der Waals surface area (Å²) < 4.78 is 18.4. The Labute approximate surface area is 228 Å². The third-order valence-electron chi connectivity index (χ3n) is 5.37. The second-order valence-corrected chi connectivity index (χ2v) is 9.82. The number of hydrogen-bond acceptors (Lipinski definition) is 7. The maximum absolute atomic E-state index is 12.7. The highest BCUT2D eigenvalue weighted by Gasteiger charge is 2.35. The van der Waals surface area contributed by atoms with Crippen molar-refractivity contribution < 1.29 is 19.0 Å². The number of ether oxygens (including phenoxy) is 3. The van der Waals surface area contributed by atoms with E-state index in [-0.39, 0.29) is 11.4 Å². The van der Waals surface area contributed by atoms with Crippen molar-refractivity contribution in [2.75, 3.05) is 19.8 Å². The van der Waals surface area contributed by atoms with E-state index < -0.39 is 5.91 Å². The number of fused-ring (bicyclic) bond motifs is 1. The average Bonchev–Trinajstić information content (AvgIpc) is 3.30. The van der Waals surface area contributed by atoms with Crippen molar-refractivity contribution in [3.8, 4) is 17.2 Å². The van der Waals surface area contributed by atoms with E-state index in [0.717, 1.165) is 22.8 Å².